The van der Waals surface area contributed by atoms with Crippen LogP contribution in [0.4, 0.5) is 13.2 Å². The van der Waals surface area contributed by atoms with E-state index in [0.717, 1.165) is 18.1 Å². The molecule has 7 nitrogen and oxygen atoms in total. The number of piperidine rings is 1. The number of carbonyl (C=O) groups excluding carboxylic acids is 1. The highest BCUT2D eigenvalue weighted by Crippen LogP contribution is 2.62. The number of rotatable bonds is 3. The smallest absolute Gasteiger partial charge is 0.340 e. The number of nitrogens with zero attached hydrogens (tertiary/aromatic N) is 5. The number of carbonyl (C=O) groups is 1. The number of H-pyrrole nitrogens is 1. The van der Waals surface area contributed by atoms with Crippen LogP contribution in [0, 0.1) is 12.8 Å². The first kappa shape index (κ1) is 21.2. The first-order valence-electron chi connectivity index (χ1n) is 10.7. The van der Waals surface area contributed by atoms with E-state index in [0.29, 0.717) is 35.6 Å². The van der Waals surface area contributed by atoms with E-state index in [1.165, 1.54) is 23.3 Å². The Hall–Kier alpha value is -3.40. The Morgan fingerprint density at radius 3 is 2.68 bits per heavy atom. The van der Waals surface area contributed by atoms with E-state index in [1.807, 2.05) is 13.0 Å². The predicted molar refractivity (Wildman–Crippen MR) is 118 cm³/mol. The predicted octanol–water partition coefficient (Wildman–Crippen LogP) is 4.89. The number of aromatic nitrogens is 5. The molecule has 1 N–H and O–H groups in total. The van der Waals surface area contributed by atoms with Crippen LogP contribution in [0.5, 0.6) is 0 Å². The molecular formula is C23H18ClF3N6O. The average molecular weight is 487 g/mol. The summed E-state index contributed by atoms with van der Waals surface area (Å²) in [5.41, 5.74) is 0.912. The fourth-order valence-electron chi connectivity index (χ4n) is 5.11. The molecule has 2 fully saturated rings. The van der Waals surface area contributed by atoms with Crippen molar-refractivity contribution in [2.45, 2.75) is 31.5 Å². The third-order valence-electron chi connectivity index (χ3n) is 6.80. The van der Waals surface area contributed by atoms with E-state index in [9.17, 15) is 18.0 Å². The van der Waals surface area contributed by atoms with Gasteiger partial charge in [0.25, 0.3) is 5.91 Å². The lowest BCUT2D eigenvalue weighted by molar-refractivity contribution is -0.137. The molecule has 2 aromatic carbocycles. The number of hydrogen-bond acceptors (Lipinski definition) is 4. The molecule has 1 aliphatic carbocycles. The number of amides is 1. The van der Waals surface area contributed by atoms with Gasteiger partial charge in [-0.15, -0.1) is 0 Å². The van der Waals surface area contributed by atoms with Gasteiger partial charge in [0, 0.05) is 6.54 Å². The Morgan fingerprint density at radius 2 is 1.97 bits per heavy atom. The van der Waals surface area contributed by atoms with E-state index < -0.39 is 22.3 Å². The van der Waals surface area contributed by atoms with Gasteiger partial charge in [0.05, 0.1) is 45.3 Å². The van der Waals surface area contributed by atoms with E-state index in [1.54, 1.807) is 17.0 Å². The molecule has 2 aliphatic rings. The monoisotopic (exact) mass is 486 g/mol. The minimum atomic E-state index is -4.57. The maximum Gasteiger partial charge on any atom is 0.417 e. The molecule has 1 saturated carbocycles. The molecule has 174 valence electrons. The Bertz CT molecular complexity index is 1450. The highest BCUT2D eigenvalue weighted by atomic mass is 35.5. The molecule has 2 aromatic heterocycles. The van der Waals surface area contributed by atoms with Crippen LogP contribution in [0.3, 0.4) is 0 Å². The molecule has 0 spiro atoms. The molecular weight excluding hydrogens is 469 g/mol. The van der Waals surface area contributed by atoms with Crippen LogP contribution >= 0.6 is 11.6 Å². The SMILES string of the molecule is Cc1ccc(-n2nccn2)c(C(=O)N2CC[C@@H]3C[C@@]32c2nc3cc(Cl)c(C(F)(F)F)cc3[nH]2)c1. The molecule has 2 atom stereocenters. The van der Waals surface area contributed by atoms with Crippen molar-refractivity contribution in [2.75, 3.05) is 6.54 Å². The maximum absolute atomic E-state index is 13.8. The summed E-state index contributed by atoms with van der Waals surface area (Å²) in [7, 11) is 0. The summed E-state index contributed by atoms with van der Waals surface area (Å²) >= 11 is 5.89. The first-order chi connectivity index (χ1) is 16.2. The number of halogens is 4. The van der Waals surface area contributed by atoms with Gasteiger partial charge in [0.1, 0.15) is 11.4 Å². The summed E-state index contributed by atoms with van der Waals surface area (Å²) in [4.78, 5) is 24.6. The Kier molecular flexibility index (Phi) is 4.39. The topological polar surface area (TPSA) is 79.7 Å². The van der Waals surface area contributed by atoms with Gasteiger partial charge in [0.15, 0.2) is 0 Å². The first-order valence-corrected chi connectivity index (χ1v) is 11.1. The number of benzene rings is 2. The molecule has 1 saturated heterocycles. The number of alkyl halides is 3. The number of imidazole rings is 1. The van der Waals surface area contributed by atoms with Crippen molar-refractivity contribution in [3.8, 4) is 5.69 Å². The number of nitrogens with one attached hydrogen (secondary N) is 1. The second-order valence-electron chi connectivity index (χ2n) is 8.84. The van der Waals surface area contributed by atoms with E-state index >= 15 is 0 Å². The zero-order valence-corrected chi connectivity index (χ0v) is 18.7. The Labute approximate surface area is 196 Å². The summed E-state index contributed by atoms with van der Waals surface area (Å²) in [6, 6.07) is 7.69. The van der Waals surface area contributed by atoms with E-state index in [4.69, 9.17) is 11.6 Å². The lowest BCUT2D eigenvalue weighted by Crippen LogP contribution is -2.39. The number of aryl methyl sites for hydroxylation is 1. The van der Waals surface area contributed by atoms with Crippen molar-refractivity contribution in [1.29, 1.82) is 0 Å². The van der Waals surface area contributed by atoms with Gasteiger partial charge in [0.2, 0.25) is 0 Å². The highest BCUT2D eigenvalue weighted by Gasteiger charge is 2.66. The standard InChI is InChI=1S/C23H18ClF3N6O/c1-12-2-3-19(33-28-5-6-29-33)14(8-12)20(34)32-7-4-13-11-22(13,32)21-30-17-9-15(23(25,26)27)16(24)10-18(17)31-21/h2-3,5-6,8-10,13H,4,7,11H2,1H3,(H,30,31)/t13-,22+/m1/s1. The summed E-state index contributed by atoms with van der Waals surface area (Å²) in [5.74, 6) is 0.483. The molecule has 1 amide bonds. The van der Waals surface area contributed by atoms with Crippen LogP contribution in [0.1, 0.15) is 40.2 Å². The van der Waals surface area contributed by atoms with Crippen molar-refractivity contribution in [1.82, 2.24) is 29.9 Å². The minimum absolute atomic E-state index is 0.186. The van der Waals surface area contributed by atoms with Gasteiger partial charge >= 0.3 is 6.18 Å². The average Bonchev–Trinajstić information content (AvgIpc) is 3.19. The van der Waals surface area contributed by atoms with E-state index in [2.05, 4.69) is 20.2 Å². The van der Waals surface area contributed by atoms with Crippen LogP contribution in [0.2, 0.25) is 5.02 Å². The third-order valence-corrected chi connectivity index (χ3v) is 7.12. The van der Waals surface area contributed by atoms with Crippen LogP contribution < -0.4 is 0 Å². The quantitative estimate of drug-likeness (QED) is 0.447. The lowest BCUT2D eigenvalue weighted by atomic mass is 10.1. The minimum Gasteiger partial charge on any atom is -0.340 e. The molecule has 0 bridgehead atoms. The van der Waals surface area contributed by atoms with Gasteiger partial charge in [-0.05, 0) is 49.9 Å². The fourth-order valence-corrected chi connectivity index (χ4v) is 5.37. The molecule has 1 aliphatic heterocycles. The van der Waals surface area contributed by atoms with E-state index in [-0.39, 0.29) is 17.3 Å². The van der Waals surface area contributed by atoms with Crippen LogP contribution in [-0.4, -0.2) is 42.3 Å². The fraction of sp³-hybridized carbons (Fsp3) is 0.304. The van der Waals surface area contributed by atoms with Crippen molar-refractivity contribution in [3.63, 3.8) is 0 Å². The zero-order valence-electron chi connectivity index (χ0n) is 17.9. The van der Waals surface area contributed by atoms with Gasteiger partial charge in [-0.25, -0.2) is 4.98 Å². The van der Waals surface area contributed by atoms with Gasteiger partial charge in [-0.3, -0.25) is 4.79 Å². The summed E-state index contributed by atoms with van der Waals surface area (Å²) in [5, 5.41) is 7.93. The van der Waals surface area contributed by atoms with Crippen molar-refractivity contribution < 1.29 is 18.0 Å². The Morgan fingerprint density at radius 1 is 1.21 bits per heavy atom. The number of hydrogen-bond donors (Lipinski definition) is 1. The second kappa shape index (κ2) is 7.05. The third kappa shape index (κ3) is 3.04. The van der Waals surface area contributed by atoms with Crippen molar-refractivity contribution >= 4 is 28.5 Å². The molecule has 0 unspecified atom stereocenters. The summed E-state index contributed by atoms with van der Waals surface area (Å²) in [6.07, 6.45) is -0.0131. The number of fused-ring (bicyclic) bond motifs is 2. The normalized spacial score (nSPS) is 21.8. The Balaban J connectivity index is 1.42. The lowest BCUT2D eigenvalue weighted by Gasteiger charge is -2.28. The molecule has 0 radical (unpaired) electrons. The molecule has 4 aromatic rings. The van der Waals surface area contributed by atoms with Crippen molar-refractivity contribution in [3.05, 3.63) is 70.3 Å². The maximum atomic E-state index is 13.8. The molecule has 6 rings (SSSR count). The largest absolute Gasteiger partial charge is 0.417 e. The summed E-state index contributed by atoms with van der Waals surface area (Å²) < 4.78 is 40.0. The van der Waals surface area contributed by atoms with Gasteiger partial charge < -0.3 is 9.88 Å². The van der Waals surface area contributed by atoms with Gasteiger partial charge in [-0.2, -0.15) is 28.2 Å². The highest BCUT2D eigenvalue weighted by molar-refractivity contribution is 6.32. The molecule has 3 heterocycles. The van der Waals surface area contributed by atoms with Crippen LogP contribution in [-0.2, 0) is 11.7 Å². The second-order valence-corrected chi connectivity index (χ2v) is 9.25. The van der Waals surface area contributed by atoms with Gasteiger partial charge in [-0.1, -0.05) is 23.2 Å². The molecule has 11 heteroatoms. The zero-order chi connectivity index (χ0) is 23.8. The number of aromatic amines is 1. The van der Waals surface area contributed by atoms with Crippen molar-refractivity contribution in [2.24, 2.45) is 5.92 Å². The van der Waals surface area contributed by atoms with Crippen LogP contribution in [0.15, 0.2) is 42.7 Å². The number of likely N-dealkylation sites (tertiary alicyclic amines) is 1. The van der Waals surface area contributed by atoms with Crippen LogP contribution in [0.25, 0.3) is 16.7 Å². The molecule has 34 heavy (non-hydrogen) atoms. The summed E-state index contributed by atoms with van der Waals surface area (Å²) in [6.45, 7) is 2.42.